The maximum absolute atomic E-state index is 2.88. The first-order valence-corrected chi connectivity index (χ1v) is 6.57. The number of rotatable bonds is 4. The van der Waals surface area contributed by atoms with E-state index in [0.29, 0.717) is 11.8 Å². The highest BCUT2D eigenvalue weighted by atomic mass is 31.0. The molecule has 0 aliphatic carbocycles. The molecule has 0 fully saturated rings. The van der Waals surface area contributed by atoms with Gasteiger partial charge in [0.05, 0.1) is 0 Å². The van der Waals surface area contributed by atoms with Gasteiger partial charge >= 0.3 is 0 Å². The van der Waals surface area contributed by atoms with Crippen molar-refractivity contribution in [3.63, 3.8) is 0 Å². The van der Waals surface area contributed by atoms with Crippen LogP contribution in [0.3, 0.4) is 0 Å². The van der Waals surface area contributed by atoms with Crippen LogP contribution in [0, 0.1) is 0 Å². The fourth-order valence-electron chi connectivity index (χ4n) is 2.02. The fraction of sp³-hybridized carbons (Fsp3) is 0.571. The molecule has 0 saturated heterocycles. The largest absolute Gasteiger partial charge is 0.105 e. The molecule has 0 nitrogen and oxygen atoms in total. The Kier molecular flexibility index (Phi) is 4.80. The lowest BCUT2D eigenvalue weighted by molar-refractivity contribution is 0.680. The average Bonchev–Trinajstić information content (AvgIpc) is 2.26. The van der Waals surface area contributed by atoms with Crippen LogP contribution in [-0.2, 0) is 0 Å². The van der Waals surface area contributed by atoms with E-state index in [1.165, 1.54) is 18.1 Å². The number of hydrogen-bond acceptors (Lipinski definition) is 0. The summed E-state index contributed by atoms with van der Waals surface area (Å²) in [6, 6.07) is 6.68. The minimum atomic E-state index is 0.669. The van der Waals surface area contributed by atoms with Gasteiger partial charge in [0.1, 0.15) is 0 Å². The smallest absolute Gasteiger partial charge is 0.0184 e. The van der Waals surface area contributed by atoms with Crippen LogP contribution in [0.1, 0.15) is 63.5 Å². The molecule has 0 N–H and O–H groups in total. The van der Waals surface area contributed by atoms with Crippen molar-refractivity contribution in [2.45, 2.75) is 52.4 Å². The van der Waals surface area contributed by atoms with Crippen molar-refractivity contribution < 1.29 is 0 Å². The molecule has 1 aromatic rings. The van der Waals surface area contributed by atoms with Gasteiger partial charge in [-0.25, -0.2) is 0 Å². The van der Waals surface area contributed by atoms with E-state index in [9.17, 15) is 0 Å². The third-order valence-electron chi connectivity index (χ3n) is 3.42. The van der Waals surface area contributed by atoms with Crippen LogP contribution in [0.15, 0.2) is 18.2 Å². The van der Waals surface area contributed by atoms with E-state index in [1.54, 1.807) is 11.1 Å². The molecule has 1 heteroatoms. The summed E-state index contributed by atoms with van der Waals surface area (Å²) in [7, 11) is 2.88. The van der Waals surface area contributed by atoms with Crippen molar-refractivity contribution in [3.05, 3.63) is 29.3 Å². The molecule has 84 valence electrons. The van der Waals surface area contributed by atoms with Crippen molar-refractivity contribution in [2.75, 3.05) is 0 Å². The van der Waals surface area contributed by atoms with E-state index >= 15 is 0 Å². The van der Waals surface area contributed by atoms with Gasteiger partial charge < -0.3 is 0 Å². The first kappa shape index (κ1) is 12.7. The van der Waals surface area contributed by atoms with Crippen LogP contribution in [-0.4, -0.2) is 0 Å². The molecule has 0 bridgehead atoms. The Morgan fingerprint density at radius 3 is 2.20 bits per heavy atom. The third kappa shape index (κ3) is 2.82. The van der Waals surface area contributed by atoms with Gasteiger partial charge in [0.2, 0.25) is 0 Å². The molecule has 0 aliphatic rings. The second-order valence-electron chi connectivity index (χ2n) is 4.47. The normalized spacial score (nSPS) is 15.0. The third-order valence-corrected chi connectivity index (χ3v) is 3.93. The molecule has 1 aromatic carbocycles. The van der Waals surface area contributed by atoms with Gasteiger partial charge in [0.15, 0.2) is 0 Å². The monoisotopic (exact) mass is 222 g/mol. The summed E-state index contributed by atoms with van der Waals surface area (Å²) >= 11 is 0. The van der Waals surface area contributed by atoms with Crippen LogP contribution < -0.4 is 5.30 Å². The topological polar surface area (TPSA) is 0 Å². The van der Waals surface area contributed by atoms with Gasteiger partial charge in [0, 0.05) is 0 Å². The zero-order valence-electron chi connectivity index (χ0n) is 10.4. The summed E-state index contributed by atoms with van der Waals surface area (Å²) in [6.45, 7) is 9.18. The van der Waals surface area contributed by atoms with E-state index in [0.717, 1.165) is 0 Å². The highest BCUT2D eigenvalue weighted by molar-refractivity contribution is 7.27. The summed E-state index contributed by atoms with van der Waals surface area (Å²) in [4.78, 5) is 0. The Labute approximate surface area is 96.7 Å². The molecule has 0 amide bonds. The van der Waals surface area contributed by atoms with Crippen LogP contribution in [0.4, 0.5) is 0 Å². The molecule has 0 aromatic heterocycles. The Bertz CT molecular complexity index is 317. The molecule has 0 heterocycles. The predicted octanol–water partition coefficient (Wildman–Crippen LogP) is 4.21. The van der Waals surface area contributed by atoms with Gasteiger partial charge in [-0.3, -0.25) is 0 Å². The van der Waals surface area contributed by atoms with E-state index < -0.39 is 0 Å². The van der Waals surface area contributed by atoms with Crippen molar-refractivity contribution >= 4 is 14.5 Å². The minimum Gasteiger partial charge on any atom is -0.105 e. The fourth-order valence-corrected chi connectivity index (χ4v) is 2.59. The summed E-state index contributed by atoms with van der Waals surface area (Å²) in [6.07, 6.45) is 2.44. The van der Waals surface area contributed by atoms with Gasteiger partial charge in [-0.05, 0) is 41.1 Å². The second-order valence-corrected chi connectivity index (χ2v) is 5.09. The van der Waals surface area contributed by atoms with Gasteiger partial charge in [0.25, 0.3) is 0 Å². The number of hydrogen-bond donors (Lipinski definition) is 0. The number of benzene rings is 1. The maximum atomic E-state index is 2.88. The Morgan fingerprint density at radius 1 is 1.07 bits per heavy atom. The van der Waals surface area contributed by atoms with E-state index in [-0.39, 0.29) is 0 Å². The molecule has 3 unspecified atom stereocenters. The van der Waals surface area contributed by atoms with Crippen LogP contribution in [0.25, 0.3) is 0 Å². The van der Waals surface area contributed by atoms with E-state index in [2.05, 4.69) is 55.1 Å². The molecular formula is C14H23P. The molecule has 1 rings (SSSR count). The predicted molar refractivity (Wildman–Crippen MR) is 73.2 cm³/mol. The van der Waals surface area contributed by atoms with Crippen LogP contribution in [0.2, 0.25) is 0 Å². The van der Waals surface area contributed by atoms with Gasteiger partial charge in [-0.2, -0.15) is 0 Å². The Hall–Kier alpha value is -0.350. The lowest BCUT2D eigenvalue weighted by Crippen LogP contribution is -2.11. The molecule has 3 atom stereocenters. The minimum absolute atomic E-state index is 0.669. The molecule has 0 saturated carbocycles. The summed E-state index contributed by atoms with van der Waals surface area (Å²) in [5, 5.41) is 1.38. The Balaban J connectivity index is 3.19. The highest BCUT2D eigenvalue weighted by Crippen LogP contribution is 2.29. The van der Waals surface area contributed by atoms with Crippen LogP contribution in [0.5, 0.6) is 0 Å². The van der Waals surface area contributed by atoms with E-state index in [4.69, 9.17) is 0 Å². The maximum Gasteiger partial charge on any atom is -0.0184 e. The van der Waals surface area contributed by atoms with Crippen molar-refractivity contribution in [2.24, 2.45) is 0 Å². The SMILES string of the molecule is CCC(C)c1cccc(P)c1C(C)CC. The molecule has 0 radical (unpaired) electrons. The average molecular weight is 222 g/mol. The second kappa shape index (κ2) is 5.66. The van der Waals surface area contributed by atoms with E-state index in [1.807, 2.05) is 0 Å². The van der Waals surface area contributed by atoms with Crippen LogP contribution >= 0.6 is 9.24 Å². The first-order chi connectivity index (χ1) is 7.11. The van der Waals surface area contributed by atoms with Gasteiger partial charge in [-0.15, -0.1) is 9.24 Å². The zero-order chi connectivity index (χ0) is 11.4. The molecular weight excluding hydrogens is 199 g/mol. The quantitative estimate of drug-likeness (QED) is 0.669. The molecule has 15 heavy (non-hydrogen) atoms. The summed E-state index contributed by atoms with van der Waals surface area (Å²) in [5.41, 5.74) is 3.10. The standard InChI is InChI=1S/C14H23P/c1-5-10(3)12-8-7-9-13(15)14(12)11(4)6-2/h7-11H,5-6,15H2,1-4H3. The van der Waals surface area contributed by atoms with Crippen molar-refractivity contribution in [1.29, 1.82) is 0 Å². The Morgan fingerprint density at radius 2 is 1.67 bits per heavy atom. The van der Waals surface area contributed by atoms with Crippen molar-refractivity contribution in [3.8, 4) is 0 Å². The zero-order valence-corrected chi connectivity index (χ0v) is 11.5. The van der Waals surface area contributed by atoms with Gasteiger partial charge in [-0.1, -0.05) is 45.9 Å². The van der Waals surface area contributed by atoms with Crippen molar-refractivity contribution in [1.82, 2.24) is 0 Å². The highest BCUT2D eigenvalue weighted by Gasteiger charge is 2.15. The summed E-state index contributed by atoms with van der Waals surface area (Å²) in [5.74, 6) is 1.34. The molecule has 0 spiro atoms. The lowest BCUT2D eigenvalue weighted by Gasteiger charge is -2.21. The molecule has 0 aliphatic heterocycles. The first-order valence-electron chi connectivity index (χ1n) is 6.00. The summed E-state index contributed by atoms with van der Waals surface area (Å²) < 4.78 is 0. The lowest BCUT2D eigenvalue weighted by atomic mass is 9.86.